The van der Waals surface area contributed by atoms with Crippen molar-refractivity contribution in [3.63, 3.8) is 0 Å². The highest BCUT2D eigenvalue weighted by molar-refractivity contribution is 5.71. The maximum atomic E-state index is 6.12. The number of aromatic nitrogens is 5. The molecule has 3 rings (SSSR count). The molecule has 0 saturated heterocycles. The number of methoxy groups -OCH3 is 1. The van der Waals surface area contributed by atoms with Crippen molar-refractivity contribution in [3.05, 3.63) is 36.2 Å². The zero-order valence-electron chi connectivity index (χ0n) is 10.4. The smallest absolute Gasteiger partial charge is 0.215 e. The fourth-order valence-corrected chi connectivity index (χ4v) is 1.91. The van der Waals surface area contributed by atoms with Gasteiger partial charge in [-0.05, 0) is 6.07 Å². The van der Waals surface area contributed by atoms with Gasteiger partial charge in [0.15, 0.2) is 5.65 Å². The van der Waals surface area contributed by atoms with E-state index in [2.05, 4.69) is 24.9 Å². The number of pyridine rings is 1. The Hall–Kier alpha value is -2.41. The Morgan fingerprint density at radius 3 is 3.00 bits per heavy atom. The van der Waals surface area contributed by atoms with E-state index in [4.69, 9.17) is 10.5 Å². The predicted octanol–water partition coefficient (Wildman–Crippen LogP) is 0.932. The number of ether oxygens (including phenoxy) is 1. The number of H-pyrrole nitrogens is 2. The molecule has 0 aliphatic rings. The number of nitrogens with zero attached hydrogens (tertiary/aromatic N) is 3. The highest BCUT2D eigenvalue weighted by atomic mass is 16.5. The van der Waals surface area contributed by atoms with Gasteiger partial charge in [-0.2, -0.15) is 4.98 Å². The number of fused-ring (bicyclic) bond motifs is 1. The standard InChI is InChI=1S/C12H14N6O/c1-19-10-3-2-9-12(17-10)18-11(16-9)8(13)4-7-5-14-6-15-7/h2-3,5-6,8H,4,13H2,1H3,(H,14,15)(H,16,17,18). The number of hydrogen-bond acceptors (Lipinski definition) is 5. The highest BCUT2D eigenvalue weighted by Gasteiger charge is 2.13. The van der Waals surface area contributed by atoms with Crippen LogP contribution in [0.25, 0.3) is 11.2 Å². The molecular formula is C12H14N6O. The second kappa shape index (κ2) is 4.69. The highest BCUT2D eigenvalue weighted by Crippen LogP contribution is 2.18. The van der Waals surface area contributed by atoms with E-state index in [1.54, 1.807) is 25.7 Å². The first kappa shape index (κ1) is 11.7. The lowest BCUT2D eigenvalue weighted by atomic mass is 10.2. The lowest BCUT2D eigenvalue weighted by Crippen LogP contribution is -2.15. The van der Waals surface area contributed by atoms with E-state index in [0.717, 1.165) is 11.2 Å². The summed E-state index contributed by atoms with van der Waals surface area (Å²) in [5, 5.41) is 0. The Bertz CT molecular complexity index is 675. The van der Waals surface area contributed by atoms with Gasteiger partial charge in [0.05, 0.1) is 25.0 Å². The molecule has 7 nitrogen and oxygen atoms in total. The summed E-state index contributed by atoms with van der Waals surface area (Å²) in [4.78, 5) is 18.8. The van der Waals surface area contributed by atoms with Crippen LogP contribution in [0, 0.1) is 0 Å². The number of imidazole rings is 2. The number of hydrogen-bond donors (Lipinski definition) is 3. The van der Waals surface area contributed by atoms with Gasteiger partial charge in [-0.15, -0.1) is 0 Å². The van der Waals surface area contributed by atoms with E-state index in [-0.39, 0.29) is 6.04 Å². The molecule has 0 bridgehead atoms. The molecule has 0 aliphatic carbocycles. The molecular weight excluding hydrogens is 244 g/mol. The number of nitrogens with one attached hydrogen (secondary N) is 2. The number of aromatic amines is 2. The zero-order valence-corrected chi connectivity index (χ0v) is 10.4. The molecule has 0 fully saturated rings. The van der Waals surface area contributed by atoms with Crippen molar-refractivity contribution in [3.8, 4) is 5.88 Å². The van der Waals surface area contributed by atoms with Crippen LogP contribution in [-0.4, -0.2) is 32.0 Å². The van der Waals surface area contributed by atoms with Gasteiger partial charge in [-0.1, -0.05) is 0 Å². The van der Waals surface area contributed by atoms with E-state index < -0.39 is 0 Å². The normalized spacial score (nSPS) is 12.7. The molecule has 0 aliphatic heterocycles. The Morgan fingerprint density at radius 2 is 2.26 bits per heavy atom. The van der Waals surface area contributed by atoms with Gasteiger partial charge in [0.1, 0.15) is 5.82 Å². The van der Waals surface area contributed by atoms with Crippen LogP contribution in [0.15, 0.2) is 24.7 Å². The topological polar surface area (TPSA) is 106 Å². The largest absolute Gasteiger partial charge is 0.481 e. The Balaban J connectivity index is 1.88. The van der Waals surface area contributed by atoms with Gasteiger partial charge in [0.2, 0.25) is 5.88 Å². The van der Waals surface area contributed by atoms with E-state index in [1.165, 1.54) is 0 Å². The van der Waals surface area contributed by atoms with Crippen LogP contribution in [-0.2, 0) is 6.42 Å². The van der Waals surface area contributed by atoms with Crippen LogP contribution >= 0.6 is 0 Å². The fraction of sp³-hybridized carbons (Fsp3) is 0.250. The molecule has 19 heavy (non-hydrogen) atoms. The molecule has 0 radical (unpaired) electrons. The minimum absolute atomic E-state index is 0.236. The molecule has 3 heterocycles. The third-order valence-electron chi connectivity index (χ3n) is 2.89. The quantitative estimate of drug-likeness (QED) is 0.645. The summed E-state index contributed by atoms with van der Waals surface area (Å²) in [7, 11) is 1.58. The molecule has 4 N–H and O–H groups in total. The van der Waals surface area contributed by atoms with Crippen LogP contribution in [0.5, 0.6) is 5.88 Å². The summed E-state index contributed by atoms with van der Waals surface area (Å²) < 4.78 is 5.07. The van der Waals surface area contributed by atoms with Crippen molar-refractivity contribution < 1.29 is 4.74 Å². The molecule has 98 valence electrons. The van der Waals surface area contributed by atoms with Gasteiger partial charge in [-0.25, -0.2) is 9.97 Å². The van der Waals surface area contributed by atoms with Crippen molar-refractivity contribution >= 4 is 11.2 Å². The lowest BCUT2D eigenvalue weighted by Gasteiger charge is -2.05. The summed E-state index contributed by atoms with van der Waals surface area (Å²) in [6, 6.07) is 3.42. The number of rotatable bonds is 4. The maximum absolute atomic E-state index is 6.12. The van der Waals surface area contributed by atoms with Gasteiger partial charge >= 0.3 is 0 Å². The summed E-state index contributed by atoms with van der Waals surface area (Å²) >= 11 is 0. The van der Waals surface area contributed by atoms with Crippen molar-refractivity contribution in [2.45, 2.75) is 12.5 Å². The second-order valence-corrected chi connectivity index (χ2v) is 4.23. The summed E-state index contributed by atoms with van der Waals surface area (Å²) in [6.45, 7) is 0. The SMILES string of the molecule is COc1ccc2[nH]c(C(N)Cc3cnc[nH]3)nc2n1. The lowest BCUT2D eigenvalue weighted by molar-refractivity contribution is 0.399. The minimum Gasteiger partial charge on any atom is -0.481 e. The Morgan fingerprint density at radius 1 is 1.37 bits per heavy atom. The molecule has 7 heteroatoms. The van der Waals surface area contributed by atoms with Crippen molar-refractivity contribution in [1.29, 1.82) is 0 Å². The van der Waals surface area contributed by atoms with Crippen LogP contribution in [0.2, 0.25) is 0 Å². The molecule has 0 amide bonds. The number of nitrogens with two attached hydrogens (primary N) is 1. The average Bonchev–Trinajstić information content (AvgIpc) is 3.05. The van der Waals surface area contributed by atoms with E-state index in [0.29, 0.717) is 23.8 Å². The first-order valence-corrected chi connectivity index (χ1v) is 5.90. The summed E-state index contributed by atoms with van der Waals surface area (Å²) in [5.41, 5.74) is 8.54. The maximum Gasteiger partial charge on any atom is 0.215 e. The van der Waals surface area contributed by atoms with Gasteiger partial charge in [0, 0.05) is 24.4 Å². The van der Waals surface area contributed by atoms with E-state index >= 15 is 0 Å². The van der Waals surface area contributed by atoms with E-state index in [1.807, 2.05) is 6.07 Å². The molecule has 0 spiro atoms. The second-order valence-electron chi connectivity index (χ2n) is 4.23. The van der Waals surface area contributed by atoms with Crippen molar-refractivity contribution in [2.75, 3.05) is 7.11 Å². The molecule has 0 saturated carbocycles. The molecule has 1 unspecified atom stereocenters. The van der Waals surface area contributed by atoms with Crippen LogP contribution in [0.1, 0.15) is 17.6 Å². The van der Waals surface area contributed by atoms with Crippen LogP contribution in [0.3, 0.4) is 0 Å². The van der Waals surface area contributed by atoms with Crippen LogP contribution < -0.4 is 10.5 Å². The monoisotopic (exact) mass is 258 g/mol. The fourth-order valence-electron chi connectivity index (χ4n) is 1.91. The zero-order chi connectivity index (χ0) is 13.2. The summed E-state index contributed by atoms with van der Waals surface area (Å²) in [6.07, 6.45) is 4.02. The van der Waals surface area contributed by atoms with Crippen molar-refractivity contribution in [1.82, 2.24) is 24.9 Å². The average molecular weight is 258 g/mol. The summed E-state index contributed by atoms with van der Waals surface area (Å²) in [5.74, 6) is 1.23. The first-order chi connectivity index (χ1) is 9.26. The molecule has 3 aromatic rings. The van der Waals surface area contributed by atoms with E-state index in [9.17, 15) is 0 Å². The first-order valence-electron chi connectivity index (χ1n) is 5.90. The molecule has 1 atom stereocenters. The molecule has 0 aromatic carbocycles. The third kappa shape index (κ3) is 2.27. The Labute approximate surface area is 109 Å². The van der Waals surface area contributed by atoms with Gasteiger partial charge < -0.3 is 20.4 Å². The Kier molecular flexibility index (Phi) is 2.88. The third-order valence-corrected chi connectivity index (χ3v) is 2.89. The molecule has 3 aromatic heterocycles. The minimum atomic E-state index is -0.236. The van der Waals surface area contributed by atoms with Crippen molar-refractivity contribution in [2.24, 2.45) is 5.73 Å². The van der Waals surface area contributed by atoms with Gasteiger partial charge in [-0.3, -0.25) is 0 Å². The predicted molar refractivity (Wildman–Crippen MR) is 69.7 cm³/mol. The van der Waals surface area contributed by atoms with Gasteiger partial charge in [0.25, 0.3) is 0 Å². The van der Waals surface area contributed by atoms with Crippen LogP contribution in [0.4, 0.5) is 0 Å².